The Bertz CT molecular complexity index is 2500. The van der Waals surface area contributed by atoms with Crippen molar-refractivity contribution in [3.8, 4) is 0 Å². The second-order valence-corrected chi connectivity index (χ2v) is 39.5. The van der Waals surface area contributed by atoms with Gasteiger partial charge in [-0.3, -0.25) is 47.9 Å². The van der Waals surface area contributed by atoms with Crippen molar-refractivity contribution < 1.29 is 95.3 Å². The molecule has 0 rings (SSSR count). The lowest BCUT2D eigenvalue weighted by Crippen LogP contribution is -2.31. The molecule has 23 nitrogen and oxygen atoms in total. The van der Waals surface area contributed by atoms with E-state index in [2.05, 4.69) is 44.4 Å². The molecule has 0 aromatic carbocycles. The van der Waals surface area contributed by atoms with Crippen LogP contribution in [0.15, 0.2) is 0 Å². The zero-order chi connectivity index (χ0) is 91.9. The molecule has 125 heavy (non-hydrogen) atoms. The summed E-state index contributed by atoms with van der Waals surface area (Å²) in [7, 11) is 0. The Morgan fingerprint density at radius 3 is 0.520 bits per heavy atom. The maximum Gasteiger partial charge on any atom is 0.309 e. The highest BCUT2D eigenvalue weighted by Crippen LogP contribution is 2.21. The van der Waals surface area contributed by atoms with Crippen molar-refractivity contribution in [3.63, 3.8) is 0 Å². The number of carbonyl (C=O) groups is 10. The fourth-order valence-corrected chi connectivity index (χ4v) is 18.7. The summed E-state index contributed by atoms with van der Waals surface area (Å²) in [5.74, 6) is 3.38. The number of hydrogen-bond donors (Lipinski definition) is 0. The molecule has 0 radical (unpaired) electrons. The Morgan fingerprint density at radius 1 is 0.192 bits per heavy atom. The monoisotopic (exact) mass is 1870 g/mol. The van der Waals surface area contributed by atoms with Gasteiger partial charge < -0.3 is 62.1 Å². The van der Waals surface area contributed by atoms with Crippen LogP contribution in [0, 0.1) is 29.6 Å². The van der Waals surface area contributed by atoms with E-state index in [9.17, 15) is 47.9 Å². The van der Waals surface area contributed by atoms with E-state index in [1.54, 1.807) is 58.8 Å². The molecule has 0 bridgehead atoms. The van der Waals surface area contributed by atoms with E-state index in [-0.39, 0.29) is 164 Å². The summed E-state index contributed by atoms with van der Waals surface area (Å²) in [6.07, 6.45) is 43.8. The summed E-state index contributed by atoms with van der Waals surface area (Å²) in [4.78, 5) is 136. The molecule has 0 saturated carbocycles. The Balaban J connectivity index is 6.09. The molecule has 28 heteroatoms. The summed E-state index contributed by atoms with van der Waals surface area (Å²) in [6, 6.07) is 0. The molecule has 0 aromatic heterocycles. The van der Waals surface area contributed by atoms with Crippen LogP contribution in [-0.2, 0) is 95.3 Å². The van der Waals surface area contributed by atoms with E-state index in [4.69, 9.17) is 47.4 Å². The number of esters is 10. The Labute approximate surface area is 780 Å². The van der Waals surface area contributed by atoms with Gasteiger partial charge in [0.05, 0.1) is 61.7 Å². The third-order valence-corrected chi connectivity index (χ3v) is 28.1. The number of carbonyl (C=O) groups excluding carboxylic acids is 10. The van der Waals surface area contributed by atoms with Gasteiger partial charge in [0.2, 0.25) is 0 Å². The molecule has 5 unspecified atom stereocenters. The van der Waals surface area contributed by atoms with Gasteiger partial charge in [0.15, 0.2) is 0 Å². The highest BCUT2D eigenvalue weighted by molar-refractivity contribution is 8.00. The van der Waals surface area contributed by atoms with Gasteiger partial charge >= 0.3 is 59.7 Å². The van der Waals surface area contributed by atoms with Gasteiger partial charge in [0, 0.05) is 61.5 Å². The fourth-order valence-electron chi connectivity index (χ4n) is 13.4. The molecule has 0 saturated heterocycles. The summed E-state index contributed by atoms with van der Waals surface area (Å²) >= 11 is 8.82. The average Bonchev–Trinajstić information content (AvgIpc) is 1.02. The van der Waals surface area contributed by atoms with Crippen molar-refractivity contribution in [2.24, 2.45) is 29.6 Å². The van der Waals surface area contributed by atoms with Crippen molar-refractivity contribution in [2.75, 3.05) is 183 Å². The van der Waals surface area contributed by atoms with Gasteiger partial charge in [-0.05, 0) is 113 Å². The van der Waals surface area contributed by atoms with Gasteiger partial charge in [-0.1, -0.05) is 255 Å². The smallest absolute Gasteiger partial charge is 0.309 e. The quantitative estimate of drug-likeness (QED) is 0.0311. The summed E-state index contributed by atoms with van der Waals surface area (Å²) < 4.78 is 55.1. The second kappa shape index (κ2) is 90.9. The molecule has 0 aliphatic rings. The van der Waals surface area contributed by atoms with Gasteiger partial charge in [0.1, 0.15) is 66.1 Å². The second-order valence-electron chi connectivity index (χ2n) is 33.8. The Hall–Kier alpha value is -3.67. The van der Waals surface area contributed by atoms with Crippen LogP contribution in [0.25, 0.3) is 0 Å². The van der Waals surface area contributed by atoms with Gasteiger partial charge in [-0.15, -0.1) is 0 Å². The number of ether oxygens (including phenoxy) is 10. The van der Waals surface area contributed by atoms with Crippen molar-refractivity contribution in [3.05, 3.63) is 0 Å². The molecule has 0 aliphatic carbocycles. The molecule has 0 fully saturated rings. The van der Waals surface area contributed by atoms with E-state index in [0.29, 0.717) is 81.1 Å². The number of thioether (sulfide) groups is 5. The molecular weight excluding hydrogens is 1690 g/mol. The molecule has 5 atom stereocenters. The number of hydrogen-bond acceptors (Lipinski definition) is 28. The largest absolute Gasteiger partial charge is 0.462 e. The summed E-state index contributed by atoms with van der Waals surface area (Å²) in [5, 5.41) is 0. The normalized spacial score (nSPS) is 12.7. The highest BCUT2D eigenvalue weighted by atomic mass is 32.2. The molecule has 0 heterocycles. The minimum Gasteiger partial charge on any atom is -0.462 e. The van der Waals surface area contributed by atoms with Crippen LogP contribution in [-0.4, -0.2) is 257 Å². The van der Waals surface area contributed by atoms with E-state index in [1.807, 2.05) is 39.5 Å². The topological polar surface area (TPSA) is 273 Å². The molecular formula is C97H179N3O20S5. The lowest BCUT2D eigenvalue weighted by Gasteiger charge is -2.24. The zero-order valence-electron chi connectivity index (χ0n) is 80.3. The van der Waals surface area contributed by atoms with Crippen LogP contribution in [0.5, 0.6) is 0 Å². The maximum absolute atomic E-state index is 13.3. The van der Waals surface area contributed by atoms with Gasteiger partial charge in [0.25, 0.3) is 0 Å². The van der Waals surface area contributed by atoms with Crippen LogP contribution >= 0.6 is 58.8 Å². The SMILES string of the molecule is CCCCCCCCSCC(C)C(=O)OCCOC(=O)CCN(CCCCCCCN(CCC(=O)OCCOC(=O)C(C)CSCCCCCCCC)CCC(=O)OCCOC(=O)C(C)CSCCCCCCCC)CCCCCN(CCC(=O)OCCOC(=O)C(C)CSCCCCCCCC)CCC(=O)OCCOC(=O)C(C)CSCCCCCCCC. The first-order valence-electron chi connectivity index (χ1n) is 49.4. The van der Waals surface area contributed by atoms with Crippen molar-refractivity contribution >= 4 is 119 Å². The Kier molecular flexibility index (Phi) is 88.2. The summed E-state index contributed by atoms with van der Waals surface area (Å²) in [5.41, 5.74) is 0. The minimum atomic E-state index is -0.447. The number of unbranched alkanes of at least 4 members (excludes halogenated alkanes) is 31. The molecule has 732 valence electrons. The lowest BCUT2D eigenvalue weighted by molar-refractivity contribution is -0.154. The van der Waals surface area contributed by atoms with Gasteiger partial charge in [-0.2, -0.15) is 58.8 Å². The van der Waals surface area contributed by atoms with Crippen molar-refractivity contribution in [2.45, 2.75) is 345 Å². The van der Waals surface area contributed by atoms with Crippen LogP contribution in [0.2, 0.25) is 0 Å². The van der Waals surface area contributed by atoms with E-state index in [1.165, 1.54) is 161 Å². The van der Waals surface area contributed by atoms with Crippen LogP contribution in [0.4, 0.5) is 0 Å². The molecule has 0 amide bonds. The molecule has 0 spiro atoms. The standard InChI is InChI=1S/C97H179N3O20S5/c1-11-16-21-26-34-44-73-121-78-83(6)93(106)116-68-63-111-88(101)49-58-98(55-42-39-43-57-100(61-52-91(104)114-66-71-119-96(109)86(9)81-124-76-47-37-29-24-19-14-4)62-53-92(105)115-67-72-120-97(110)87(10)82-125-77-48-38-30-25-20-15-5)54-40-32-31-33-41-56-99(59-50-89(102)112-64-69-117-94(107)84(7)79-122-74-45-35-27-22-17-12-2)60-51-90(103)113-65-70-118-95(108)85(8)80-123-75-46-36-28-23-18-13-3/h83-87H,11-82H2,1-10H3. The predicted molar refractivity (Wildman–Crippen MR) is 518 cm³/mol. The van der Waals surface area contributed by atoms with E-state index < -0.39 is 23.9 Å². The first kappa shape index (κ1) is 121. The van der Waals surface area contributed by atoms with Crippen LogP contribution in [0.3, 0.4) is 0 Å². The Morgan fingerprint density at radius 2 is 0.336 bits per heavy atom. The minimum absolute atomic E-state index is 0.0152. The fraction of sp³-hybridized carbons (Fsp3) is 0.897. The molecule has 0 N–H and O–H groups in total. The third-order valence-electron chi connectivity index (χ3n) is 21.6. The van der Waals surface area contributed by atoms with Crippen molar-refractivity contribution in [1.82, 2.24) is 14.7 Å². The average molecular weight is 1870 g/mol. The van der Waals surface area contributed by atoms with E-state index in [0.717, 1.165) is 119 Å². The molecule has 0 aliphatic heterocycles. The molecule has 0 aromatic rings. The van der Waals surface area contributed by atoms with Crippen LogP contribution in [0.1, 0.15) is 345 Å². The predicted octanol–water partition coefficient (Wildman–Crippen LogP) is 21.0. The highest BCUT2D eigenvalue weighted by Gasteiger charge is 2.23. The maximum atomic E-state index is 13.3. The van der Waals surface area contributed by atoms with E-state index >= 15 is 0 Å². The first-order chi connectivity index (χ1) is 60.7. The summed E-state index contributed by atoms with van der Waals surface area (Å²) in [6.45, 7) is 24.3. The number of rotatable bonds is 94. The van der Waals surface area contributed by atoms with Gasteiger partial charge in [-0.25, -0.2) is 0 Å². The third kappa shape index (κ3) is 80.9. The zero-order valence-corrected chi connectivity index (χ0v) is 84.4. The number of nitrogens with zero attached hydrogens (tertiary/aromatic N) is 3. The van der Waals surface area contributed by atoms with Crippen LogP contribution < -0.4 is 0 Å². The van der Waals surface area contributed by atoms with Crippen molar-refractivity contribution in [1.29, 1.82) is 0 Å². The first-order valence-corrected chi connectivity index (χ1v) is 55.2. The lowest BCUT2D eigenvalue weighted by atomic mass is 10.1.